The molecular weight excluding hydrogens is 242 g/mol. The summed E-state index contributed by atoms with van der Waals surface area (Å²) in [5, 5.41) is 3.46. The predicted octanol–water partition coefficient (Wildman–Crippen LogP) is 1.79. The summed E-state index contributed by atoms with van der Waals surface area (Å²) in [4.78, 5) is 13.7. The summed E-state index contributed by atoms with van der Waals surface area (Å²) in [6, 6.07) is 5.59. The minimum atomic E-state index is -0.303. The van der Waals surface area contributed by atoms with Crippen molar-refractivity contribution in [1.82, 2.24) is 0 Å². The molecule has 0 aliphatic carbocycles. The maximum atomic E-state index is 11.5. The highest BCUT2D eigenvalue weighted by atomic mass is 16.5. The Morgan fingerprint density at radius 3 is 2.95 bits per heavy atom. The number of fused-ring (bicyclic) bond motifs is 1. The molecule has 3 N–H and O–H groups in total. The number of nitrogens with one attached hydrogen (secondary N) is 1. The van der Waals surface area contributed by atoms with Crippen LogP contribution >= 0.6 is 0 Å². The van der Waals surface area contributed by atoms with Gasteiger partial charge in [0.25, 0.3) is 0 Å². The third-order valence-electron chi connectivity index (χ3n) is 3.52. The molecule has 0 saturated carbocycles. The molecule has 0 amide bonds. The summed E-state index contributed by atoms with van der Waals surface area (Å²) in [6.07, 6.45) is 3.44. The van der Waals surface area contributed by atoms with E-state index in [-0.39, 0.29) is 12.1 Å². The second kappa shape index (κ2) is 5.93. The van der Waals surface area contributed by atoms with Crippen LogP contribution in [-0.4, -0.2) is 32.8 Å². The van der Waals surface area contributed by atoms with Crippen molar-refractivity contribution in [3.05, 3.63) is 23.8 Å². The van der Waals surface area contributed by atoms with E-state index in [2.05, 4.69) is 10.2 Å². The van der Waals surface area contributed by atoms with Gasteiger partial charge in [0, 0.05) is 7.05 Å². The molecule has 1 atom stereocenters. The number of unbranched alkanes of at least 4 members (excludes halogenated alkanes) is 1. The van der Waals surface area contributed by atoms with Crippen molar-refractivity contribution in [3.63, 3.8) is 0 Å². The molecule has 0 spiro atoms. The lowest BCUT2D eigenvalue weighted by atomic mass is 10.1. The molecule has 104 valence electrons. The Morgan fingerprint density at radius 1 is 1.47 bits per heavy atom. The second-order valence-electron chi connectivity index (χ2n) is 4.78. The highest BCUT2D eigenvalue weighted by Crippen LogP contribution is 2.35. The Balaban J connectivity index is 2.10. The van der Waals surface area contributed by atoms with E-state index in [1.54, 1.807) is 6.07 Å². The highest BCUT2D eigenvalue weighted by molar-refractivity contribution is 5.93. The molecule has 19 heavy (non-hydrogen) atoms. The van der Waals surface area contributed by atoms with Crippen LogP contribution in [-0.2, 0) is 4.74 Å². The van der Waals surface area contributed by atoms with Crippen molar-refractivity contribution >= 4 is 17.3 Å². The van der Waals surface area contributed by atoms with E-state index in [0.29, 0.717) is 5.56 Å². The number of esters is 1. The molecule has 1 aromatic carbocycles. The lowest BCUT2D eigenvalue weighted by Crippen LogP contribution is -2.32. The van der Waals surface area contributed by atoms with Crippen molar-refractivity contribution in [2.24, 2.45) is 5.73 Å². The molecule has 1 aliphatic rings. The number of nitrogens with two attached hydrogens (primary N) is 1. The number of carbonyl (C=O) groups excluding carboxylic acids is 1. The number of carbonyl (C=O) groups is 1. The Morgan fingerprint density at radius 2 is 2.26 bits per heavy atom. The lowest BCUT2D eigenvalue weighted by Gasteiger charge is -2.22. The Hall–Kier alpha value is -1.75. The van der Waals surface area contributed by atoms with Gasteiger partial charge in [-0.3, -0.25) is 0 Å². The minimum absolute atomic E-state index is 0.273. The number of anilines is 2. The summed E-state index contributed by atoms with van der Waals surface area (Å²) in [7, 11) is 3.43. The van der Waals surface area contributed by atoms with E-state index in [0.717, 1.165) is 37.2 Å². The number of ether oxygens (including phenoxy) is 1. The first-order chi connectivity index (χ1) is 9.17. The van der Waals surface area contributed by atoms with Crippen molar-refractivity contribution in [2.45, 2.75) is 25.4 Å². The molecule has 2 rings (SSSR count). The van der Waals surface area contributed by atoms with Crippen LogP contribution in [0, 0.1) is 0 Å². The summed E-state index contributed by atoms with van der Waals surface area (Å²) in [5.74, 6) is -0.303. The van der Waals surface area contributed by atoms with Crippen LogP contribution in [0.4, 0.5) is 11.4 Å². The van der Waals surface area contributed by atoms with Gasteiger partial charge in [0.15, 0.2) is 0 Å². The molecule has 0 aromatic heterocycles. The molecule has 1 aliphatic heterocycles. The van der Waals surface area contributed by atoms with Gasteiger partial charge < -0.3 is 20.7 Å². The third-order valence-corrected chi connectivity index (χ3v) is 3.52. The molecule has 1 heterocycles. The zero-order chi connectivity index (χ0) is 13.8. The zero-order valence-corrected chi connectivity index (χ0v) is 11.5. The minimum Gasteiger partial charge on any atom is -0.465 e. The Kier molecular flexibility index (Phi) is 4.27. The number of rotatable bonds is 5. The molecule has 1 unspecified atom stereocenters. The van der Waals surface area contributed by atoms with E-state index in [9.17, 15) is 4.79 Å². The van der Waals surface area contributed by atoms with Crippen LogP contribution in [0.3, 0.4) is 0 Å². The van der Waals surface area contributed by atoms with Crippen LogP contribution in [0.5, 0.6) is 0 Å². The maximum absolute atomic E-state index is 11.5. The van der Waals surface area contributed by atoms with Gasteiger partial charge in [0.1, 0.15) is 0 Å². The van der Waals surface area contributed by atoms with E-state index in [1.807, 2.05) is 19.2 Å². The second-order valence-corrected chi connectivity index (χ2v) is 4.78. The normalized spacial score (nSPS) is 17.0. The smallest absolute Gasteiger partial charge is 0.337 e. The van der Waals surface area contributed by atoms with E-state index in [4.69, 9.17) is 10.5 Å². The summed E-state index contributed by atoms with van der Waals surface area (Å²) in [6.45, 7) is 0.732. The number of benzene rings is 1. The fourth-order valence-electron chi connectivity index (χ4n) is 2.38. The quantitative estimate of drug-likeness (QED) is 0.626. The van der Waals surface area contributed by atoms with Gasteiger partial charge in [-0.1, -0.05) is 0 Å². The van der Waals surface area contributed by atoms with Crippen molar-refractivity contribution in [2.75, 3.05) is 30.9 Å². The van der Waals surface area contributed by atoms with Gasteiger partial charge in [-0.25, -0.2) is 4.79 Å². The predicted molar refractivity (Wildman–Crippen MR) is 76.5 cm³/mol. The number of nitrogens with zero attached hydrogens (tertiary/aromatic N) is 1. The summed E-state index contributed by atoms with van der Waals surface area (Å²) < 4.78 is 4.75. The fourth-order valence-corrected chi connectivity index (χ4v) is 2.38. The molecule has 0 saturated heterocycles. The van der Waals surface area contributed by atoms with E-state index >= 15 is 0 Å². The highest BCUT2D eigenvalue weighted by Gasteiger charge is 2.26. The third kappa shape index (κ3) is 2.81. The SMILES string of the molecule is COC(=O)c1ccc2c(c1)N(C)C(CCCCN)N2. The average Bonchev–Trinajstić information content (AvgIpc) is 2.75. The van der Waals surface area contributed by atoms with E-state index in [1.165, 1.54) is 7.11 Å². The Bertz CT molecular complexity index is 462. The molecule has 1 aromatic rings. The fraction of sp³-hybridized carbons (Fsp3) is 0.500. The molecule has 5 nitrogen and oxygen atoms in total. The van der Waals surface area contributed by atoms with Crippen LogP contribution in [0.2, 0.25) is 0 Å². The van der Waals surface area contributed by atoms with Gasteiger partial charge in [-0.15, -0.1) is 0 Å². The van der Waals surface area contributed by atoms with Gasteiger partial charge in [0.2, 0.25) is 0 Å². The molecule has 5 heteroatoms. The number of hydrogen-bond acceptors (Lipinski definition) is 5. The maximum Gasteiger partial charge on any atom is 0.337 e. The van der Waals surface area contributed by atoms with Gasteiger partial charge in [-0.05, 0) is 44.0 Å². The Labute approximate surface area is 113 Å². The number of hydrogen-bond donors (Lipinski definition) is 2. The molecular formula is C14H21N3O2. The molecule has 0 fully saturated rings. The van der Waals surface area contributed by atoms with Crippen LogP contribution < -0.4 is 16.0 Å². The van der Waals surface area contributed by atoms with Gasteiger partial charge >= 0.3 is 5.97 Å². The first-order valence-electron chi connectivity index (χ1n) is 6.59. The van der Waals surface area contributed by atoms with Crippen molar-refractivity contribution in [3.8, 4) is 0 Å². The topological polar surface area (TPSA) is 67.6 Å². The van der Waals surface area contributed by atoms with Crippen molar-refractivity contribution in [1.29, 1.82) is 0 Å². The average molecular weight is 263 g/mol. The first-order valence-corrected chi connectivity index (χ1v) is 6.59. The van der Waals surface area contributed by atoms with Gasteiger partial charge in [-0.2, -0.15) is 0 Å². The van der Waals surface area contributed by atoms with Crippen molar-refractivity contribution < 1.29 is 9.53 Å². The molecule has 0 radical (unpaired) electrons. The van der Waals surface area contributed by atoms with Gasteiger partial charge in [0.05, 0.1) is 30.2 Å². The monoisotopic (exact) mass is 263 g/mol. The van der Waals surface area contributed by atoms with Crippen LogP contribution in [0.25, 0.3) is 0 Å². The van der Waals surface area contributed by atoms with Crippen LogP contribution in [0.15, 0.2) is 18.2 Å². The largest absolute Gasteiger partial charge is 0.465 e. The van der Waals surface area contributed by atoms with E-state index < -0.39 is 0 Å². The zero-order valence-electron chi connectivity index (χ0n) is 11.5. The summed E-state index contributed by atoms with van der Waals surface area (Å²) >= 11 is 0. The standard InChI is InChI=1S/C14H21N3O2/c1-17-12-9-10(14(18)19-2)6-7-11(12)16-13(17)5-3-4-8-15/h6-7,9,13,16H,3-5,8,15H2,1-2H3. The molecule has 0 bridgehead atoms. The number of methoxy groups -OCH3 is 1. The first kappa shape index (κ1) is 13.7. The summed E-state index contributed by atoms with van der Waals surface area (Å²) in [5.41, 5.74) is 8.20. The lowest BCUT2D eigenvalue weighted by molar-refractivity contribution is 0.0601. The van der Waals surface area contributed by atoms with Crippen LogP contribution in [0.1, 0.15) is 29.6 Å².